The predicted octanol–water partition coefficient (Wildman–Crippen LogP) is 19.3. The van der Waals surface area contributed by atoms with Gasteiger partial charge in [0.05, 0.1) is 0 Å². The molecule has 0 aromatic rings. The van der Waals surface area contributed by atoms with E-state index in [2.05, 4.69) is 74.1 Å². The second kappa shape index (κ2) is 53.3. The number of hydrogen-bond donors (Lipinski definition) is 0. The molecule has 0 amide bonds. The summed E-state index contributed by atoms with van der Waals surface area (Å²) < 4.78 is 0. The highest BCUT2D eigenvalue weighted by Gasteiger charge is 2.07. The van der Waals surface area contributed by atoms with Crippen molar-refractivity contribution in [1.29, 1.82) is 0 Å². The van der Waals surface area contributed by atoms with E-state index in [0.717, 1.165) is 0 Å². The molecule has 0 aliphatic heterocycles. The van der Waals surface area contributed by atoms with E-state index in [0.29, 0.717) is 0 Å². The van der Waals surface area contributed by atoms with Crippen molar-refractivity contribution in [3.8, 4) is 0 Å². The third-order valence-corrected chi connectivity index (χ3v) is 12.8. The number of unbranched alkanes of at least 4 members (excludes halogenated alkanes) is 36. The lowest BCUT2D eigenvalue weighted by atomic mass is 10.1. The number of likely N-dealkylation sites (N-methyl/N-ethyl adjacent to an activating group) is 1. The fourth-order valence-electron chi connectivity index (χ4n) is 8.55. The Morgan fingerprint density at radius 3 is 0.712 bits per heavy atom. The average molecular weight is 826 g/mol. The lowest BCUT2D eigenvalue weighted by molar-refractivity contribution is 0.215. The Kier molecular flexibility index (Phi) is 52.5. The second-order valence-corrected chi connectivity index (χ2v) is 19.0. The lowest BCUT2D eigenvalue weighted by Crippen LogP contribution is -2.35. The first kappa shape index (κ1) is 58.1. The fourth-order valence-corrected chi connectivity index (χ4v) is 8.55. The van der Waals surface area contributed by atoms with Gasteiger partial charge in [-0.2, -0.15) is 0 Å². The summed E-state index contributed by atoms with van der Waals surface area (Å²) in [5.41, 5.74) is 0. The first-order chi connectivity index (χ1) is 29.2. The monoisotopic (exact) mass is 825 g/mol. The summed E-state index contributed by atoms with van der Waals surface area (Å²) in [7, 11) is 2.38. The summed E-state index contributed by atoms with van der Waals surface area (Å²) >= 11 is 0. The van der Waals surface area contributed by atoms with E-state index >= 15 is 0 Å². The van der Waals surface area contributed by atoms with Gasteiger partial charge in [-0.3, -0.25) is 0 Å². The summed E-state index contributed by atoms with van der Waals surface area (Å²) in [6.45, 7) is 13.3. The Balaban J connectivity index is 4.15. The van der Waals surface area contributed by atoms with Crippen LogP contribution in [-0.4, -0.2) is 49.6 Å². The van der Waals surface area contributed by atoms with E-state index < -0.39 is 0 Å². The summed E-state index contributed by atoms with van der Waals surface area (Å²) in [5, 5.41) is 0. The number of allylic oxidation sites excluding steroid dienone is 6. The Morgan fingerprint density at radius 2 is 0.441 bits per heavy atom. The van der Waals surface area contributed by atoms with Crippen LogP contribution in [0.15, 0.2) is 36.5 Å². The molecule has 0 aliphatic carbocycles. The van der Waals surface area contributed by atoms with Gasteiger partial charge < -0.3 is 9.80 Å². The molecule has 0 heterocycles. The first-order valence-electron chi connectivity index (χ1n) is 27.6. The minimum Gasteiger partial charge on any atom is -0.305 e. The van der Waals surface area contributed by atoms with Gasteiger partial charge in [-0.15, -0.1) is 0 Å². The second-order valence-electron chi connectivity index (χ2n) is 19.0. The van der Waals surface area contributed by atoms with Gasteiger partial charge in [-0.25, -0.2) is 0 Å². The van der Waals surface area contributed by atoms with Gasteiger partial charge in [-0.1, -0.05) is 231 Å². The van der Waals surface area contributed by atoms with Crippen molar-refractivity contribution in [3.63, 3.8) is 0 Å². The Morgan fingerprint density at radius 1 is 0.220 bits per heavy atom. The molecular weight excluding hydrogens is 713 g/mol. The Bertz CT molecular complexity index is 786. The molecule has 0 bridgehead atoms. The molecule has 0 unspecified atom stereocenters. The molecule has 59 heavy (non-hydrogen) atoms. The average Bonchev–Trinajstić information content (AvgIpc) is 3.24. The van der Waals surface area contributed by atoms with Crippen LogP contribution in [0.4, 0.5) is 0 Å². The van der Waals surface area contributed by atoms with Gasteiger partial charge in [0.1, 0.15) is 0 Å². The lowest BCUT2D eigenvalue weighted by Gasteiger charge is -2.25. The molecule has 2 heteroatoms. The molecular formula is C57H112N2. The van der Waals surface area contributed by atoms with Gasteiger partial charge in [0, 0.05) is 13.1 Å². The zero-order valence-corrected chi connectivity index (χ0v) is 41.6. The van der Waals surface area contributed by atoms with Gasteiger partial charge in [0.25, 0.3) is 0 Å². The van der Waals surface area contributed by atoms with E-state index in [9.17, 15) is 0 Å². The largest absolute Gasteiger partial charge is 0.305 e. The van der Waals surface area contributed by atoms with Crippen LogP contribution >= 0.6 is 0 Å². The van der Waals surface area contributed by atoms with Crippen molar-refractivity contribution >= 4 is 0 Å². The molecule has 0 saturated carbocycles. The van der Waals surface area contributed by atoms with Gasteiger partial charge >= 0.3 is 0 Å². The smallest absolute Gasteiger partial charge is 0.0109 e. The third-order valence-electron chi connectivity index (χ3n) is 12.8. The van der Waals surface area contributed by atoms with E-state index in [1.54, 1.807) is 0 Å². The summed E-state index contributed by atoms with van der Waals surface area (Å²) in [5.74, 6) is 0. The maximum absolute atomic E-state index is 2.84. The van der Waals surface area contributed by atoms with Crippen molar-refractivity contribution < 1.29 is 0 Å². The maximum Gasteiger partial charge on any atom is 0.0109 e. The first-order valence-corrected chi connectivity index (χ1v) is 27.6. The van der Waals surface area contributed by atoms with Gasteiger partial charge in [0.2, 0.25) is 0 Å². The molecule has 0 rings (SSSR count). The maximum atomic E-state index is 2.84. The highest BCUT2D eigenvalue weighted by Crippen LogP contribution is 2.14. The molecule has 0 aliphatic rings. The topological polar surface area (TPSA) is 6.48 Å². The van der Waals surface area contributed by atoms with Crippen LogP contribution in [-0.2, 0) is 0 Å². The van der Waals surface area contributed by atoms with Gasteiger partial charge in [0.15, 0.2) is 0 Å². The van der Waals surface area contributed by atoms with Crippen LogP contribution in [0.2, 0.25) is 0 Å². The van der Waals surface area contributed by atoms with Crippen LogP contribution in [0.1, 0.15) is 290 Å². The number of hydrogen-bond acceptors (Lipinski definition) is 2. The van der Waals surface area contributed by atoms with Gasteiger partial charge in [-0.05, 0) is 123 Å². The van der Waals surface area contributed by atoms with Crippen molar-refractivity contribution in [3.05, 3.63) is 36.5 Å². The SMILES string of the molecule is CCCCCCCC/C=C\CCCCCCCCN(C)CCN(CCCCCCCC/C=C\CCCCCCCC)CCCCCCCC/C=C\CCCCCCCC. The zero-order valence-electron chi connectivity index (χ0n) is 41.6. The molecule has 0 spiro atoms. The molecule has 350 valence electrons. The van der Waals surface area contributed by atoms with Crippen LogP contribution < -0.4 is 0 Å². The van der Waals surface area contributed by atoms with Crippen LogP contribution in [0.5, 0.6) is 0 Å². The fraction of sp³-hybridized carbons (Fsp3) is 0.895. The molecule has 0 radical (unpaired) electrons. The van der Waals surface area contributed by atoms with Crippen LogP contribution in [0.25, 0.3) is 0 Å². The molecule has 0 N–H and O–H groups in total. The predicted molar refractivity (Wildman–Crippen MR) is 272 cm³/mol. The van der Waals surface area contributed by atoms with Crippen molar-refractivity contribution in [1.82, 2.24) is 9.80 Å². The minimum atomic E-state index is 1.24. The minimum absolute atomic E-state index is 1.24. The number of nitrogens with zero attached hydrogens (tertiary/aromatic N) is 2. The quantitative estimate of drug-likeness (QED) is 0.0445. The normalized spacial score (nSPS) is 12.3. The molecule has 2 nitrogen and oxygen atoms in total. The summed E-state index contributed by atoms with van der Waals surface area (Å²) in [6.07, 6.45) is 73.3. The van der Waals surface area contributed by atoms with Crippen molar-refractivity contribution in [2.45, 2.75) is 290 Å². The highest BCUT2D eigenvalue weighted by molar-refractivity contribution is 4.83. The standard InChI is InChI=1S/C57H112N2/c1-5-8-11-14-17-20-23-26-29-32-35-38-41-44-47-50-53-58(4)56-57-59(54-51-48-45-42-39-36-33-30-27-24-21-18-15-12-9-6-2)55-52-49-46-43-40-37-34-31-28-25-22-19-16-13-10-7-3/h26-31H,5-25,32-57H2,1-4H3/b29-26-,30-27-,31-28-. The van der Waals surface area contributed by atoms with Crippen LogP contribution in [0.3, 0.4) is 0 Å². The molecule has 0 saturated heterocycles. The zero-order chi connectivity index (χ0) is 42.6. The van der Waals surface area contributed by atoms with E-state index in [-0.39, 0.29) is 0 Å². The Hall–Kier alpha value is -0.860. The molecule has 0 fully saturated rings. The Labute approximate surface area is 375 Å². The number of rotatable bonds is 51. The molecule has 0 atom stereocenters. The van der Waals surface area contributed by atoms with Crippen molar-refractivity contribution in [2.24, 2.45) is 0 Å². The highest BCUT2D eigenvalue weighted by atomic mass is 15.2. The van der Waals surface area contributed by atoms with Crippen molar-refractivity contribution in [2.75, 3.05) is 39.8 Å². The van der Waals surface area contributed by atoms with E-state index in [1.807, 2.05) is 0 Å². The summed E-state index contributed by atoms with van der Waals surface area (Å²) in [4.78, 5) is 5.47. The van der Waals surface area contributed by atoms with E-state index in [1.165, 1.54) is 302 Å². The molecule has 0 aromatic carbocycles. The van der Waals surface area contributed by atoms with E-state index in [4.69, 9.17) is 0 Å². The van der Waals surface area contributed by atoms with Crippen LogP contribution in [0, 0.1) is 0 Å². The molecule has 0 aromatic heterocycles. The third kappa shape index (κ3) is 51.4. The summed E-state index contributed by atoms with van der Waals surface area (Å²) in [6, 6.07) is 0.